The molecule has 0 radical (unpaired) electrons. The van der Waals surface area contributed by atoms with E-state index in [1.807, 2.05) is 0 Å². The van der Waals surface area contributed by atoms with Crippen molar-refractivity contribution in [2.75, 3.05) is 13.1 Å². The second-order valence-corrected chi connectivity index (χ2v) is 6.58. The molecule has 1 aromatic rings. The van der Waals surface area contributed by atoms with Crippen LogP contribution in [-0.2, 0) is 9.84 Å². The van der Waals surface area contributed by atoms with Crippen LogP contribution in [0, 0.1) is 0 Å². The van der Waals surface area contributed by atoms with E-state index < -0.39 is 21.2 Å². The predicted molar refractivity (Wildman–Crippen MR) is 66.2 cm³/mol. The third-order valence-corrected chi connectivity index (χ3v) is 5.35. The first-order valence-electron chi connectivity index (χ1n) is 5.78. The van der Waals surface area contributed by atoms with Crippen molar-refractivity contribution in [3.8, 4) is 0 Å². The van der Waals surface area contributed by atoms with E-state index in [0.717, 1.165) is 0 Å². The van der Waals surface area contributed by atoms with Crippen LogP contribution in [0.15, 0.2) is 35.2 Å². The molecule has 1 saturated heterocycles. The van der Waals surface area contributed by atoms with Crippen LogP contribution in [0.1, 0.15) is 12.8 Å². The molecule has 1 amide bonds. The van der Waals surface area contributed by atoms with E-state index in [0.29, 0.717) is 19.4 Å². The van der Waals surface area contributed by atoms with Gasteiger partial charge < -0.3 is 10.0 Å². The molecular weight excluding hydrogens is 254 g/mol. The molecule has 5 nitrogen and oxygen atoms in total. The quantitative estimate of drug-likeness (QED) is 0.885. The number of likely N-dealkylation sites (tertiary alicyclic amines) is 1. The van der Waals surface area contributed by atoms with Gasteiger partial charge in [-0.1, -0.05) is 18.2 Å². The Hall–Kier alpha value is -1.56. The molecule has 0 aromatic heterocycles. The van der Waals surface area contributed by atoms with E-state index in [1.54, 1.807) is 30.3 Å². The zero-order chi connectivity index (χ0) is 13.2. The van der Waals surface area contributed by atoms with E-state index >= 15 is 0 Å². The summed E-state index contributed by atoms with van der Waals surface area (Å²) in [5.74, 6) is 0. The minimum Gasteiger partial charge on any atom is -0.465 e. The van der Waals surface area contributed by atoms with E-state index in [1.165, 1.54) is 4.90 Å². The second kappa shape index (κ2) is 4.97. The molecule has 1 unspecified atom stereocenters. The molecule has 2 rings (SSSR count). The average Bonchev–Trinajstić information content (AvgIpc) is 2.40. The Kier molecular flexibility index (Phi) is 3.56. The lowest BCUT2D eigenvalue weighted by molar-refractivity contribution is 0.136. The van der Waals surface area contributed by atoms with Crippen molar-refractivity contribution in [2.45, 2.75) is 23.0 Å². The van der Waals surface area contributed by atoms with Crippen LogP contribution < -0.4 is 0 Å². The largest absolute Gasteiger partial charge is 0.465 e. The van der Waals surface area contributed by atoms with Crippen LogP contribution in [0.3, 0.4) is 0 Å². The van der Waals surface area contributed by atoms with Crippen LogP contribution in [0.5, 0.6) is 0 Å². The number of hydrogen-bond donors (Lipinski definition) is 1. The maximum atomic E-state index is 12.3. The standard InChI is InChI=1S/C12H15NO4S/c14-12(15)13-8-4-7-11(9-13)18(16,17)10-5-2-1-3-6-10/h1-3,5-6,11H,4,7-9H2,(H,14,15). The Labute approximate surface area is 106 Å². The van der Waals surface area contributed by atoms with Gasteiger partial charge in [-0.25, -0.2) is 13.2 Å². The number of carboxylic acid groups (broad SMARTS) is 1. The zero-order valence-corrected chi connectivity index (χ0v) is 10.6. The van der Waals surface area contributed by atoms with Gasteiger partial charge in [0, 0.05) is 13.1 Å². The van der Waals surface area contributed by atoms with Gasteiger partial charge in [-0.15, -0.1) is 0 Å². The van der Waals surface area contributed by atoms with Gasteiger partial charge >= 0.3 is 6.09 Å². The van der Waals surface area contributed by atoms with Crippen molar-refractivity contribution < 1.29 is 18.3 Å². The fourth-order valence-electron chi connectivity index (χ4n) is 2.17. The first kappa shape index (κ1) is 12.9. The molecule has 1 N–H and O–H groups in total. The maximum absolute atomic E-state index is 12.3. The third-order valence-electron chi connectivity index (χ3n) is 3.16. The molecule has 1 aliphatic rings. The number of carbonyl (C=O) groups is 1. The maximum Gasteiger partial charge on any atom is 0.407 e. The van der Waals surface area contributed by atoms with E-state index in [9.17, 15) is 13.2 Å². The molecule has 1 aromatic carbocycles. The average molecular weight is 269 g/mol. The summed E-state index contributed by atoms with van der Waals surface area (Å²) in [6.07, 6.45) is 0.0484. The first-order valence-corrected chi connectivity index (χ1v) is 7.33. The van der Waals surface area contributed by atoms with Gasteiger partial charge in [0.15, 0.2) is 9.84 Å². The highest BCUT2D eigenvalue weighted by Gasteiger charge is 2.33. The lowest BCUT2D eigenvalue weighted by Gasteiger charge is -2.30. The van der Waals surface area contributed by atoms with Crippen molar-refractivity contribution in [2.24, 2.45) is 0 Å². The van der Waals surface area contributed by atoms with E-state index in [-0.39, 0.29) is 11.4 Å². The molecule has 1 aliphatic heterocycles. The molecular formula is C12H15NO4S. The van der Waals surface area contributed by atoms with Crippen LogP contribution in [0.2, 0.25) is 0 Å². The minimum atomic E-state index is -3.43. The Morgan fingerprint density at radius 3 is 2.56 bits per heavy atom. The summed E-state index contributed by atoms with van der Waals surface area (Å²) in [6.45, 7) is 0.475. The van der Waals surface area contributed by atoms with Crippen molar-refractivity contribution >= 4 is 15.9 Å². The number of benzene rings is 1. The van der Waals surface area contributed by atoms with Gasteiger partial charge in [-0.05, 0) is 25.0 Å². The third kappa shape index (κ3) is 2.48. The molecule has 0 bridgehead atoms. The van der Waals surface area contributed by atoms with Crippen molar-refractivity contribution in [1.29, 1.82) is 0 Å². The number of hydrogen-bond acceptors (Lipinski definition) is 3. The van der Waals surface area contributed by atoms with Gasteiger partial charge in [-0.3, -0.25) is 0 Å². The van der Waals surface area contributed by atoms with Crippen LogP contribution in [-0.4, -0.2) is 42.9 Å². The number of nitrogens with zero attached hydrogens (tertiary/aromatic N) is 1. The molecule has 1 fully saturated rings. The monoisotopic (exact) mass is 269 g/mol. The summed E-state index contributed by atoms with van der Waals surface area (Å²) >= 11 is 0. The van der Waals surface area contributed by atoms with Crippen LogP contribution >= 0.6 is 0 Å². The summed E-state index contributed by atoms with van der Waals surface area (Å²) in [4.78, 5) is 12.3. The van der Waals surface area contributed by atoms with Gasteiger partial charge in [0.05, 0.1) is 10.1 Å². The second-order valence-electron chi connectivity index (χ2n) is 4.35. The van der Waals surface area contributed by atoms with Crippen LogP contribution in [0.4, 0.5) is 4.79 Å². The highest BCUT2D eigenvalue weighted by molar-refractivity contribution is 7.92. The lowest BCUT2D eigenvalue weighted by Crippen LogP contribution is -2.44. The molecule has 6 heteroatoms. The molecule has 1 heterocycles. The van der Waals surface area contributed by atoms with E-state index in [4.69, 9.17) is 5.11 Å². The molecule has 18 heavy (non-hydrogen) atoms. The van der Waals surface area contributed by atoms with Gasteiger partial charge in [-0.2, -0.15) is 0 Å². The Morgan fingerprint density at radius 1 is 1.28 bits per heavy atom. The highest BCUT2D eigenvalue weighted by atomic mass is 32.2. The minimum absolute atomic E-state index is 0.0621. The Morgan fingerprint density at radius 2 is 1.94 bits per heavy atom. The number of rotatable bonds is 2. The fraction of sp³-hybridized carbons (Fsp3) is 0.417. The smallest absolute Gasteiger partial charge is 0.407 e. The van der Waals surface area contributed by atoms with Crippen molar-refractivity contribution in [3.05, 3.63) is 30.3 Å². The van der Waals surface area contributed by atoms with E-state index in [2.05, 4.69) is 0 Å². The number of amides is 1. The predicted octanol–water partition coefficient (Wildman–Crippen LogP) is 1.60. The topological polar surface area (TPSA) is 74.7 Å². The number of sulfone groups is 1. The highest BCUT2D eigenvalue weighted by Crippen LogP contribution is 2.23. The summed E-state index contributed by atoms with van der Waals surface area (Å²) in [5.41, 5.74) is 0. The molecule has 1 atom stereocenters. The molecule has 0 aliphatic carbocycles. The zero-order valence-electron chi connectivity index (χ0n) is 9.82. The Bertz CT molecular complexity index is 526. The lowest BCUT2D eigenvalue weighted by atomic mass is 10.1. The van der Waals surface area contributed by atoms with Crippen LogP contribution in [0.25, 0.3) is 0 Å². The van der Waals surface area contributed by atoms with Gasteiger partial charge in [0.2, 0.25) is 0 Å². The number of piperidine rings is 1. The Balaban J connectivity index is 2.23. The molecule has 0 saturated carbocycles. The summed E-state index contributed by atoms with van der Waals surface area (Å²) in [6, 6.07) is 8.20. The summed E-state index contributed by atoms with van der Waals surface area (Å²) < 4.78 is 24.7. The molecule has 0 spiro atoms. The van der Waals surface area contributed by atoms with Gasteiger partial charge in [0.25, 0.3) is 0 Å². The first-order chi connectivity index (χ1) is 8.51. The van der Waals surface area contributed by atoms with Gasteiger partial charge in [0.1, 0.15) is 0 Å². The summed E-state index contributed by atoms with van der Waals surface area (Å²) in [7, 11) is -3.43. The normalized spacial score (nSPS) is 20.7. The van der Waals surface area contributed by atoms with Crippen molar-refractivity contribution in [3.63, 3.8) is 0 Å². The SMILES string of the molecule is O=C(O)N1CCCC(S(=O)(=O)c2ccccc2)C1. The fourth-order valence-corrected chi connectivity index (χ4v) is 3.94. The molecule has 98 valence electrons. The summed E-state index contributed by atoms with van der Waals surface area (Å²) in [5, 5.41) is 8.29. The van der Waals surface area contributed by atoms with Crippen molar-refractivity contribution in [1.82, 2.24) is 4.90 Å².